The molecule has 0 aromatic heterocycles. The van der Waals surface area contributed by atoms with E-state index in [4.69, 9.17) is 4.74 Å². The number of hydrogen-bond acceptors (Lipinski definition) is 2. The first-order valence-corrected chi connectivity index (χ1v) is 10.7. The summed E-state index contributed by atoms with van der Waals surface area (Å²) in [4.78, 5) is 2.89. The lowest BCUT2D eigenvalue weighted by Gasteiger charge is -2.62. The fourth-order valence-electron chi connectivity index (χ4n) is 6.95. The van der Waals surface area contributed by atoms with E-state index in [1.807, 2.05) is 0 Å². The Morgan fingerprint density at radius 1 is 1.26 bits per heavy atom. The van der Waals surface area contributed by atoms with Crippen molar-refractivity contribution < 1.29 is 4.74 Å². The van der Waals surface area contributed by atoms with E-state index in [0.717, 1.165) is 29.5 Å². The SMILES string of the molecule is C=C1C[C@@H](C)[C@H]2[C@H]3Cc4ccc(OC)cc4[C@]2(CCN3CC2CCC2)C1.Cl. The van der Waals surface area contributed by atoms with Crippen LogP contribution < -0.4 is 4.74 Å². The lowest BCUT2D eigenvalue weighted by Crippen LogP contribution is -2.63. The number of rotatable bonds is 3. The lowest BCUT2D eigenvalue weighted by molar-refractivity contribution is -0.0376. The van der Waals surface area contributed by atoms with Crippen LogP contribution in [0.3, 0.4) is 0 Å². The summed E-state index contributed by atoms with van der Waals surface area (Å²) < 4.78 is 5.61. The molecular formula is C24H34ClNO. The normalized spacial score (nSPS) is 35.5. The molecular weight excluding hydrogens is 354 g/mol. The molecule has 0 amide bonds. The molecule has 1 saturated heterocycles. The first kappa shape index (κ1) is 19.3. The summed E-state index contributed by atoms with van der Waals surface area (Å²) in [5.74, 6) is 3.51. The fraction of sp³-hybridized carbons (Fsp3) is 0.667. The third kappa shape index (κ3) is 2.95. The summed E-state index contributed by atoms with van der Waals surface area (Å²) in [5.41, 5.74) is 4.94. The van der Waals surface area contributed by atoms with E-state index >= 15 is 0 Å². The molecule has 3 fully saturated rings. The smallest absolute Gasteiger partial charge is 0.119 e. The Balaban J connectivity index is 0.00000180. The van der Waals surface area contributed by atoms with Crippen LogP contribution in [0, 0.1) is 17.8 Å². The minimum Gasteiger partial charge on any atom is -0.497 e. The second-order valence-electron chi connectivity index (χ2n) is 9.63. The van der Waals surface area contributed by atoms with Crippen molar-refractivity contribution >= 4 is 12.4 Å². The van der Waals surface area contributed by atoms with E-state index in [0.29, 0.717) is 5.41 Å². The number of allylic oxidation sites excluding steroid dienone is 1. The predicted molar refractivity (Wildman–Crippen MR) is 114 cm³/mol. The minimum absolute atomic E-state index is 0. The molecule has 0 unspecified atom stereocenters. The highest BCUT2D eigenvalue weighted by atomic mass is 35.5. The third-order valence-corrected chi connectivity index (χ3v) is 8.16. The quantitative estimate of drug-likeness (QED) is 0.645. The average molecular weight is 388 g/mol. The van der Waals surface area contributed by atoms with Gasteiger partial charge >= 0.3 is 0 Å². The highest BCUT2D eigenvalue weighted by Crippen LogP contribution is 2.59. The Kier molecular flexibility index (Phi) is 5.10. The summed E-state index contributed by atoms with van der Waals surface area (Å²) in [6, 6.07) is 7.62. The van der Waals surface area contributed by atoms with Crippen molar-refractivity contribution in [1.29, 1.82) is 0 Å². The van der Waals surface area contributed by atoms with Gasteiger partial charge in [0.05, 0.1) is 7.11 Å². The number of hydrogen-bond donors (Lipinski definition) is 0. The zero-order valence-corrected chi connectivity index (χ0v) is 17.7. The van der Waals surface area contributed by atoms with Gasteiger partial charge in [-0.15, -0.1) is 12.4 Å². The monoisotopic (exact) mass is 387 g/mol. The van der Waals surface area contributed by atoms with E-state index in [1.165, 1.54) is 63.6 Å². The molecule has 4 atom stereocenters. The van der Waals surface area contributed by atoms with Gasteiger partial charge in [0.2, 0.25) is 0 Å². The Bertz CT molecular complexity index is 727. The number of halogens is 1. The summed E-state index contributed by atoms with van der Waals surface area (Å²) in [5, 5.41) is 0. The largest absolute Gasteiger partial charge is 0.497 e. The molecule has 2 bridgehead atoms. The first-order valence-electron chi connectivity index (χ1n) is 10.7. The molecule has 3 aliphatic carbocycles. The van der Waals surface area contributed by atoms with Crippen LogP contribution in [0.2, 0.25) is 0 Å². The van der Waals surface area contributed by atoms with Gasteiger partial charge < -0.3 is 4.74 Å². The summed E-state index contributed by atoms with van der Waals surface area (Å²) in [7, 11) is 1.80. The van der Waals surface area contributed by atoms with Crippen LogP contribution in [-0.2, 0) is 11.8 Å². The van der Waals surface area contributed by atoms with Crippen LogP contribution in [0.25, 0.3) is 0 Å². The van der Waals surface area contributed by atoms with Gasteiger partial charge in [-0.2, -0.15) is 0 Å². The third-order valence-electron chi connectivity index (χ3n) is 8.16. The standard InChI is InChI=1S/C24H33NO.ClH/c1-16-11-17(2)23-22-12-19-7-8-20(26-3)13-21(19)24(23,14-16)9-10-25(22)15-18-5-4-6-18;/h7-8,13,17-18,22-23H,1,4-6,9-12,14-15H2,2-3H3;1H/t17-,22-,23+,24+;/m1./s1. The van der Waals surface area contributed by atoms with Crippen LogP contribution >= 0.6 is 12.4 Å². The molecule has 1 aliphatic heterocycles. The number of fused-ring (bicyclic) bond motifs is 1. The fourth-order valence-corrected chi connectivity index (χ4v) is 6.95. The highest BCUT2D eigenvalue weighted by molar-refractivity contribution is 5.85. The molecule has 1 heterocycles. The molecule has 2 nitrogen and oxygen atoms in total. The average Bonchev–Trinajstić information content (AvgIpc) is 2.58. The number of nitrogens with zero attached hydrogens (tertiary/aromatic N) is 1. The zero-order valence-electron chi connectivity index (χ0n) is 16.9. The van der Waals surface area contributed by atoms with Gasteiger partial charge in [0, 0.05) is 18.0 Å². The maximum absolute atomic E-state index is 5.61. The van der Waals surface area contributed by atoms with Gasteiger partial charge in [0.15, 0.2) is 0 Å². The van der Waals surface area contributed by atoms with Gasteiger partial charge in [0.25, 0.3) is 0 Å². The number of likely N-dealkylation sites (tertiary alicyclic amines) is 1. The Labute approximate surface area is 170 Å². The van der Waals surface area contributed by atoms with Gasteiger partial charge in [0.1, 0.15) is 5.75 Å². The minimum atomic E-state index is 0. The number of benzene rings is 1. The molecule has 3 heteroatoms. The van der Waals surface area contributed by atoms with Gasteiger partial charge in [-0.05, 0) is 86.1 Å². The molecule has 4 aliphatic rings. The Morgan fingerprint density at radius 2 is 2.07 bits per heavy atom. The van der Waals surface area contributed by atoms with Crippen LogP contribution in [0.4, 0.5) is 0 Å². The second kappa shape index (κ2) is 7.12. The first-order chi connectivity index (χ1) is 12.6. The van der Waals surface area contributed by atoms with E-state index in [1.54, 1.807) is 18.2 Å². The molecule has 1 aromatic rings. The van der Waals surface area contributed by atoms with Crippen molar-refractivity contribution in [3.63, 3.8) is 0 Å². The maximum Gasteiger partial charge on any atom is 0.119 e. The van der Waals surface area contributed by atoms with E-state index < -0.39 is 0 Å². The van der Waals surface area contributed by atoms with Crippen molar-refractivity contribution in [1.82, 2.24) is 4.90 Å². The summed E-state index contributed by atoms with van der Waals surface area (Å²) >= 11 is 0. The molecule has 0 radical (unpaired) electrons. The number of ether oxygens (including phenoxy) is 1. The van der Waals surface area contributed by atoms with Crippen molar-refractivity contribution in [3.8, 4) is 5.75 Å². The van der Waals surface area contributed by atoms with Crippen LogP contribution in [0.5, 0.6) is 5.75 Å². The Hall–Kier alpha value is -0.990. The van der Waals surface area contributed by atoms with Crippen molar-refractivity contribution in [2.24, 2.45) is 17.8 Å². The molecule has 148 valence electrons. The summed E-state index contributed by atoms with van der Waals surface area (Å²) in [6.45, 7) is 9.57. The number of piperidine rings is 1. The second-order valence-corrected chi connectivity index (χ2v) is 9.63. The topological polar surface area (TPSA) is 12.5 Å². The van der Waals surface area contributed by atoms with Crippen LogP contribution in [0.15, 0.2) is 30.4 Å². The van der Waals surface area contributed by atoms with E-state index in [9.17, 15) is 0 Å². The maximum atomic E-state index is 5.61. The highest BCUT2D eigenvalue weighted by Gasteiger charge is 2.56. The van der Waals surface area contributed by atoms with Crippen molar-refractivity contribution in [2.45, 2.75) is 63.3 Å². The van der Waals surface area contributed by atoms with Crippen LogP contribution in [0.1, 0.15) is 56.6 Å². The summed E-state index contributed by atoms with van der Waals surface area (Å²) in [6.07, 6.45) is 9.31. The molecule has 2 saturated carbocycles. The molecule has 0 N–H and O–H groups in total. The molecule has 5 rings (SSSR count). The molecule has 0 spiro atoms. The van der Waals surface area contributed by atoms with Gasteiger partial charge in [-0.3, -0.25) is 4.90 Å². The predicted octanol–water partition coefficient (Wildman–Crippen LogP) is 5.39. The molecule has 27 heavy (non-hydrogen) atoms. The lowest BCUT2D eigenvalue weighted by atomic mass is 9.49. The van der Waals surface area contributed by atoms with Crippen molar-refractivity contribution in [3.05, 3.63) is 41.5 Å². The molecule has 1 aromatic carbocycles. The Morgan fingerprint density at radius 3 is 2.78 bits per heavy atom. The zero-order chi connectivity index (χ0) is 17.9. The van der Waals surface area contributed by atoms with Gasteiger partial charge in [-0.1, -0.05) is 31.6 Å². The van der Waals surface area contributed by atoms with Gasteiger partial charge in [-0.25, -0.2) is 0 Å². The van der Waals surface area contributed by atoms with Crippen molar-refractivity contribution in [2.75, 3.05) is 20.2 Å². The van der Waals surface area contributed by atoms with E-state index in [-0.39, 0.29) is 12.4 Å². The number of methoxy groups -OCH3 is 1. The van der Waals surface area contributed by atoms with Crippen LogP contribution in [-0.4, -0.2) is 31.1 Å². The van der Waals surface area contributed by atoms with E-state index in [2.05, 4.69) is 36.6 Å².